The fourth-order valence-electron chi connectivity index (χ4n) is 5.82. The van der Waals surface area contributed by atoms with Crippen LogP contribution >= 0.6 is 0 Å². The normalized spacial score (nSPS) is 35.6. The van der Waals surface area contributed by atoms with E-state index in [-0.39, 0.29) is 6.03 Å². The second-order valence-corrected chi connectivity index (χ2v) is 8.42. The zero-order chi connectivity index (χ0) is 15.6. The number of urea groups is 1. The number of rotatable bonds is 7. The predicted molar refractivity (Wildman–Crippen MR) is 90.8 cm³/mol. The zero-order valence-corrected chi connectivity index (χ0v) is 14.6. The number of carbonyl (C=O) groups excluding carboxylic acids is 1. The van der Waals surface area contributed by atoms with E-state index in [0.29, 0.717) is 5.41 Å². The van der Waals surface area contributed by atoms with Gasteiger partial charge in [0.15, 0.2) is 0 Å². The van der Waals surface area contributed by atoms with Gasteiger partial charge in [-0.25, -0.2) is 4.79 Å². The Kier molecular flexibility index (Phi) is 4.99. The van der Waals surface area contributed by atoms with Gasteiger partial charge in [0, 0.05) is 19.6 Å². The molecule has 4 aliphatic carbocycles. The molecule has 22 heavy (non-hydrogen) atoms. The van der Waals surface area contributed by atoms with Crippen LogP contribution in [0, 0.1) is 23.2 Å². The largest absolute Gasteiger partial charge is 0.337 e. The van der Waals surface area contributed by atoms with E-state index in [2.05, 4.69) is 19.2 Å². The SMILES string of the molecule is CCCCN(CCC)C(=O)NCC12CC3CC(CC(C3)C1)C2. The third kappa shape index (κ3) is 3.44. The number of carbonyl (C=O) groups is 1. The van der Waals surface area contributed by atoms with Gasteiger partial charge < -0.3 is 10.2 Å². The summed E-state index contributed by atoms with van der Waals surface area (Å²) >= 11 is 0. The second kappa shape index (κ2) is 6.80. The van der Waals surface area contributed by atoms with Crippen LogP contribution in [0.15, 0.2) is 0 Å². The molecule has 2 amide bonds. The lowest BCUT2D eigenvalue weighted by molar-refractivity contribution is -0.0502. The van der Waals surface area contributed by atoms with E-state index in [4.69, 9.17) is 0 Å². The Bertz CT molecular complexity index is 358. The summed E-state index contributed by atoms with van der Waals surface area (Å²) in [6, 6.07) is 0.186. The maximum atomic E-state index is 12.5. The molecule has 4 fully saturated rings. The van der Waals surface area contributed by atoms with Crippen LogP contribution in [-0.4, -0.2) is 30.6 Å². The first-order valence-corrected chi connectivity index (χ1v) is 9.67. The van der Waals surface area contributed by atoms with E-state index in [0.717, 1.165) is 56.7 Å². The smallest absolute Gasteiger partial charge is 0.317 e. The van der Waals surface area contributed by atoms with Crippen molar-refractivity contribution in [2.75, 3.05) is 19.6 Å². The van der Waals surface area contributed by atoms with Gasteiger partial charge >= 0.3 is 6.03 Å². The summed E-state index contributed by atoms with van der Waals surface area (Å²) in [5.74, 6) is 2.90. The molecule has 0 saturated heterocycles. The summed E-state index contributed by atoms with van der Waals surface area (Å²) in [6.45, 7) is 7.09. The summed E-state index contributed by atoms with van der Waals surface area (Å²) in [4.78, 5) is 14.6. The van der Waals surface area contributed by atoms with E-state index < -0.39 is 0 Å². The van der Waals surface area contributed by atoms with Gasteiger partial charge in [0.05, 0.1) is 0 Å². The summed E-state index contributed by atoms with van der Waals surface area (Å²) in [5, 5.41) is 3.32. The molecule has 4 rings (SSSR count). The Morgan fingerprint density at radius 2 is 1.59 bits per heavy atom. The molecule has 0 spiro atoms. The number of hydrogen-bond acceptors (Lipinski definition) is 1. The molecule has 4 bridgehead atoms. The van der Waals surface area contributed by atoms with Crippen LogP contribution in [0.2, 0.25) is 0 Å². The van der Waals surface area contributed by atoms with Gasteiger partial charge in [-0.2, -0.15) is 0 Å². The van der Waals surface area contributed by atoms with Crippen LogP contribution < -0.4 is 5.32 Å². The minimum atomic E-state index is 0.186. The number of hydrogen-bond donors (Lipinski definition) is 1. The van der Waals surface area contributed by atoms with Crippen LogP contribution in [0.5, 0.6) is 0 Å². The molecule has 0 unspecified atom stereocenters. The molecule has 0 aromatic carbocycles. The van der Waals surface area contributed by atoms with Crippen LogP contribution in [0.25, 0.3) is 0 Å². The molecule has 0 aromatic heterocycles. The van der Waals surface area contributed by atoms with Crippen molar-refractivity contribution < 1.29 is 4.79 Å². The average Bonchev–Trinajstić information content (AvgIpc) is 2.48. The van der Waals surface area contributed by atoms with Gasteiger partial charge in [-0.05, 0) is 74.5 Å². The number of nitrogens with zero attached hydrogens (tertiary/aromatic N) is 1. The fraction of sp³-hybridized carbons (Fsp3) is 0.947. The molecule has 3 nitrogen and oxygen atoms in total. The predicted octanol–water partition coefficient (Wildman–Crippen LogP) is 4.42. The highest BCUT2D eigenvalue weighted by molar-refractivity contribution is 5.74. The maximum Gasteiger partial charge on any atom is 0.317 e. The molecular weight excluding hydrogens is 272 g/mol. The van der Waals surface area contributed by atoms with Crippen molar-refractivity contribution in [3.63, 3.8) is 0 Å². The van der Waals surface area contributed by atoms with Crippen LogP contribution in [0.4, 0.5) is 4.79 Å². The molecule has 0 radical (unpaired) electrons. The molecule has 0 aliphatic heterocycles. The van der Waals surface area contributed by atoms with E-state index in [1.54, 1.807) is 0 Å². The second-order valence-electron chi connectivity index (χ2n) is 8.42. The standard InChI is InChI=1S/C19H34N2O/c1-3-5-7-21(6-4-2)18(22)20-14-19-11-15-8-16(12-19)10-17(9-15)13-19/h15-17H,3-14H2,1-2H3,(H,20,22). The number of unbranched alkanes of at least 4 members (excludes halogenated alkanes) is 1. The molecule has 3 heteroatoms. The lowest BCUT2D eigenvalue weighted by Gasteiger charge is -2.57. The van der Waals surface area contributed by atoms with Crippen molar-refractivity contribution in [1.82, 2.24) is 10.2 Å². The topological polar surface area (TPSA) is 32.3 Å². The Morgan fingerprint density at radius 3 is 2.09 bits per heavy atom. The first kappa shape index (κ1) is 16.1. The van der Waals surface area contributed by atoms with Gasteiger partial charge in [-0.3, -0.25) is 0 Å². The highest BCUT2D eigenvalue weighted by Crippen LogP contribution is 2.59. The molecule has 126 valence electrons. The molecular formula is C19H34N2O. The van der Waals surface area contributed by atoms with E-state index in [1.165, 1.54) is 38.5 Å². The summed E-state index contributed by atoms with van der Waals surface area (Å²) < 4.78 is 0. The van der Waals surface area contributed by atoms with Crippen molar-refractivity contribution in [2.45, 2.75) is 71.6 Å². The van der Waals surface area contributed by atoms with Crippen molar-refractivity contribution in [1.29, 1.82) is 0 Å². The van der Waals surface area contributed by atoms with Gasteiger partial charge in [-0.15, -0.1) is 0 Å². The highest BCUT2D eigenvalue weighted by Gasteiger charge is 2.50. The third-order valence-electron chi connectivity index (χ3n) is 6.34. The summed E-state index contributed by atoms with van der Waals surface area (Å²) in [6.07, 6.45) is 11.9. The molecule has 1 N–H and O–H groups in total. The fourth-order valence-corrected chi connectivity index (χ4v) is 5.82. The van der Waals surface area contributed by atoms with Gasteiger partial charge in [0.25, 0.3) is 0 Å². The first-order valence-electron chi connectivity index (χ1n) is 9.67. The van der Waals surface area contributed by atoms with Crippen molar-refractivity contribution in [2.24, 2.45) is 23.2 Å². The monoisotopic (exact) mass is 306 g/mol. The first-order chi connectivity index (χ1) is 10.6. The van der Waals surface area contributed by atoms with E-state index in [1.807, 2.05) is 4.90 Å². The van der Waals surface area contributed by atoms with Crippen LogP contribution in [0.3, 0.4) is 0 Å². The van der Waals surface area contributed by atoms with Crippen LogP contribution in [0.1, 0.15) is 71.6 Å². The van der Waals surface area contributed by atoms with Gasteiger partial charge in [-0.1, -0.05) is 20.3 Å². The van der Waals surface area contributed by atoms with Crippen molar-refractivity contribution >= 4 is 6.03 Å². The minimum Gasteiger partial charge on any atom is -0.337 e. The zero-order valence-electron chi connectivity index (χ0n) is 14.6. The Labute approximate surface area is 136 Å². The quantitative estimate of drug-likeness (QED) is 0.741. The number of nitrogens with one attached hydrogen (secondary N) is 1. The lowest BCUT2D eigenvalue weighted by atomic mass is 9.49. The number of amides is 2. The minimum absolute atomic E-state index is 0.186. The Balaban J connectivity index is 1.53. The van der Waals surface area contributed by atoms with E-state index >= 15 is 0 Å². The van der Waals surface area contributed by atoms with Crippen molar-refractivity contribution in [3.8, 4) is 0 Å². The van der Waals surface area contributed by atoms with Crippen molar-refractivity contribution in [3.05, 3.63) is 0 Å². The summed E-state index contributed by atoms with van der Waals surface area (Å²) in [7, 11) is 0. The maximum absolute atomic E-state index is 12.5. The average molecular weight is 306 g/mol. The molecule has 0 aromatic rings. The van der Waals surface area contributed by atoms with Crippen LogP contribution in [-0.2, 0) is 0 Å². The molecule has 0 atom stereocenters. The molecule has 0 heterocycles. The highest BCUT2D eigenvalue weighted by atomic mass is 16.2. The van der Waals surface area contributed by atoms with Gasteiger partial charge in [0.1, 0.15) is 0 Å². The lowest BCUT2D eigenvalue weighted by Crippen LogP contribution is -2.53. The van der Waals surface area contributed by atoms with E-state index in [9.17, 15) is 4.79 Å². The third-order valence-corrected chi connectivity index (χ3v) is 6.34. The Morgan fingerprint density at radius 1 is 1.00 bits per heavy atom. The summed E-state index contributed by atoms with van der Waals surface area (Å²) in [5.41, 5.74) is 0.451. The molecule has 4 saturated carbocycles. The van der Waals surface area contributed by atoms with Gasteiger partial charge in [0.2, 0.25) is 0 Å². The molecule has 4 aliphatic rings. The Hall–Kier alpha value is -0.730.